The average Bonchev–Trinajstić information content (AvgIpc) is 2.68. The average molecular weight is 424 g/mol. The number of Topliss-reactive ketones (excluding diaryl/α,β-unsaturated/α-hetero) is 1. The van der Waals surface area contributed by atoms with Crippen molar-refractivity contribution in [2.24, 2.45) is 0 Å². The van der Waals surface area contributed by atoms with Gasteiger partial charge in [-0.2, -0.15) is 0 Å². The molecule has 0 aromatic heterocycles. The van der Waals surface area contributed by atoms with Crippen molar-refractivity contribution < 1.29 is 42.2 Å². The highest BCUT2D eigenvalue weighted by Gasteiger charge is 2.27. The second kappa shape index (κ2) is 10.0. The van der Waals surface area contributed by atoms with E-state index in [-0.39, 0.29) is 5.69 Å². The molecule has 0 aliphatic heterocycles. The molecule has 0 aliphatic rings. The third kappa shape index (κ3) is 6.33. The normalized spacial score (nSPS) is 11.3. The third-order valence-corrected chi connectivity index (χ3v) is 3.66. The van der Waals surface area contributed by atoms with E-state index < -0.39 is 65.8 Å². The molecule has 2 amide bonds. The molecule has 0 heterocycles. The number of rotatable bonds is 8. The smallest absolute Gasteiger partial charge is 0.313 e. The van der Waals surface area contributed by atoms with E-state index in [9.17, 15) is 32.3 Å². The number of para-hydroxylation sites is 1. The van der Waals surface area contributed by atoms with E-state index in [0.717, 1.165) is 30.3 Å². The molecule has 2 aromatic rings. The van der Waals surface area contributed by atoms with Gasteiger partial charge in [-0.25, -0.2) is 13.2 Å². The highest BCUT2D eigenvalue weighted by Crippen LogP contribution is 2.20. The Morgan fingerprint density at radius 1 is 0.933 bits per heavy atom. The first kappa shape index (κ1) is 22.4. The summed E-state index contributed by atoms with van der Waals surface area (Å²) in [5.41, 5.74) is 0.0797. The molecule has 0 bridgehead atoms. The van der Waals surface area contributed by atoms with Crippen molar-refractivity contribution >= 4 is 29.3 Å². The molecule has 0 fully saturated rings. The van der Waals surface area contributed by atoms with Crippen molar-refractivity contribution in [1.29, 1.82) is 0 Å². The van der Waals surface area contributed by atoms with E-state index in [4.69, 9.17) is 9.84 Å². The van der Waals surface area contributed by atoms with Crippen LogP contribution in [0.2, 0.25) is 0 Å². The fourth-order valence-electron chi connectivity index (χ4n) is 2.23. The van der Waals surface area contributed by atoms with Crippen molar-refractivity contribution in [3.63, 3.8) is 0 Å². The van der Waals surface area contributed by atoms with Crippen LogP contribution in [-0.4, -0.2) is 41.3 Å². The van der Waals surface area contributed by atoms with Crippen LogP contribution in [0, 0.1) is 17.5 Å². The largest absolute Gasteiger partial charge is 0.481 e. The summed E-state index contributed by atoms with van der Waals surface area (Å²) in [5.74, 6) is -8.70. The molecule has 0 saturated heterocycles. The van der Waals surface area contributed by atoms with E-state index in [1.165, 1.54) is 12.1 Å². The number of carbonyl (C=O) groups is 4. The second-order valence-electron chi connectivity index (χ2n) is 5.89. The Morgan fingerprint density at radius 3 is 2.10 bits per heavy atom. The van der Waals surface area contributed by atoms with Crippen molar-refractivity contribution in [3.05, 3.63) is 59.9 Å². The topological polar surface area (TPSA) is 122 Å². The van der Waals surface area contributed by atoms with Crippen molar-refractivity contribution in [2.75, 3.05) is 11.9 Å². The molecule has 0 radical (unpaired) electrons. The second-order valence-corrected chi connectivity index (χ2v) is 5.89. The van der Waals surface area contributed by atoms with E-state index in [0.29, 0.717) is 0 Å². The van der Waals surface area contributed by atoms with Gasteiger partial charge in [-0.3, -0.25) is 19.2 Å². The van der Waals surface area contributed by atoms with Gasteiger partial charge in [0.15, 0.2) is 23.2 Å². The van der Waals surface area contributed by atoms with Crippen LogP contribution in [0.4, 0.5) is 18.9 Å². The molecule has 2 rings (SSSR count). The summed E-state index contributed by atoms with van der Waals surface area (Å²) in [7, 11) is 0. The minimum Gasteiger partial charge on any atom is -0.481 e. The zero-order valence-electron chi connectivity index (χ0n) is 15.2. The molecular weight excluding hydrogens is 409 g/mol. The van der Waals surface area contributed by atoms with Gasteiger partial charge in [0, 0.05) is 5.69 Å². The van der Waals surface area contributed by atoms with Gasteiger partial charge in [0.1, 0.15) is 18.5 Å². The van der Waals surface area contributed by atoms with Gasteiger partial charge in [-0.1, -0.05) is 6.07 Å². The van der Waals surface area contributed by atoms with Gasteiger partial charge in [0.05, 0.1) is 6.42 Å². The summed E-state index contributed by atoms with van der Waals surface area (Å²) in [6.45, 7) is -0.963. The molecule has 8 nitrogen and oxygen atoms in total. The van der Waals surface area contributed by atoms with Crippen LogP contribution in [0.3, 0.4) is 0 Å². The quantitative estimate of drug-likeness (QED) is 0.554. The SMILES string of the molecule is O=C(O)C[C@H](NC(=O)C(=O)Nc1ccc(F)cc1)C(=O)COc1c(F)cccc1F. The summed E-state index contributed by atoms with van der Waals surface area (Å²) >= 11 is 0. The Bertz CT molecular complexity index is 945. The number of amides is 2. The van der Waals surface area contributed by atoms with E-state index in [1.807, 2.05) is 5.32 Å². The lowest BCUT2D eigenvalue weighted by atomic mass is 10.1. The zero-order valence-corrected chi connectivity index (χ0v) is 15.2. The molecule has 0 unspecified atom stereocenters. The van der Waals surface area contributed by atoms with Crippen molar-refractivity contribution in [1.82, 2.24) is 5.32 Å². The molecule has 3 N–H and O–H groups in total. The zero-order chi connectivity index (χ0) is 22.3. The predicted molar refractivity (Wildman–Crippen MR) is 96.1 cm³/mol. The van der Waals surface area contributed by atoms with Gasteiger partial charge in [-0.15, -0.1) is 0 Å². The van der Waals surface area contributed by atoms with Crippen LogP contribution >= 0.6 is 0 Å². The van der Waals surface area contributed by atoms with Gasteiger partial charge >= 0.3 is 17.8 Å². The number of ketones is 1. The summed E-state index contributed by atoms with van der Waals surface area (Å²) in [6.07, 6.45) is -0.905. The molecule has 30 heavy (non-hydrogen) atoms. The van der Waals surface area contributed by atoms with E-state index in [1.54, 1.807) is 0 Å². The Kier molecular flexibility index (Phi) is 7.50. The number of hydrogen-bond donors (Lipinski definition) is 3. The molecule has 0 spiro atoms. The number of anilines is 1. The summed E-state index contributed by atoms with van der Waals surface area (Å²) < 4.78 is 44.7. The Hall–Kier alpha value is -3.89. The predicted octanol–water partition coefficient (Wildman–Crippen LogP) is 1.65. The lowest BCUT2D eigenvalue weighted by Crippen LogP contribution is -2.48. The van der Waals surface area contributed by atoms with Gasteiger partial charge in [-0.05, 0) is 36.4 Å². The van der Waals surface area contributed by atoms with Crippen molar-refractivity contribution in [2.45, 2.75) is 12.5 Å². The van der Waals surface area contributed by atoms with Gasteiger partial charge in [0.25, 0.3) is 0 Å². The van der Waals surface area contributed by atoms with E-state index >= 15 is 0 Å². The Labute approximate surface area is 167 Å². The molecule has 1 atom stereocenters. The van der Waals surface area contributed by atoms with Crippen molar-refractivity contribution in [3.8, 4) is 5.75 Å². The number of nitrogens with one attached hydrogen (secondary N) is 2. The number of halogens is 3. The molecule has 158 valence electrons. The number of benzene rings is 2. The summed E-state index contributed by atoms with van der Waals surface area (Å²) in [6, 6.07) is 5.57. The maximum absolute atomic E-state index is 13.5. The van der Waals surface area contributed by atoms with Crippen LogP contribution in [0.25, 0.3) is 0 Å². The highest BCUT2D eigenvalue weighted by molar-refractivity contribution is 6.40. The molecule has 11 heteroatoms. The Balaban J connectivity index is 2.02. The number of carboxylic acids is 1. The fourth-order valence-corrected chi connectivity index (χ4v) is 2.23. The first-order chi connectivity index (χ1) is 14.2. The minimum atomic E-state index is -1.70. The van der Waals surface area contributed by atoms with Crippen LogP contribution in [0.1, 0.15) is 6.42 Å². The van der Waals surface area contributed by atoms with Crippen LogP contribution in [-0.2, 0) is 19.2 Å². The van der Waals surface area contributed by atoms with Crippen LogP contribution < -0.4 is 15.4 Å². The molecule has 2 aromatic carbocycles. The van der Waals surface area contributed by atoms with Crippen LogP contribution in [0.15, 0.2) is 42.5 Å². The molecule has 0 saturated carbocycles. The molecule has 0 aliphatic carbocycles. The molecular formula is C19H15F3N2O6. The fraction of sp³-hybridized carbons (Fsp3) is 0.158. The van der Waals surface area contributed by atoms with Gasteiger partial charge < -0.3 is 20.5 Å². The first-order valence-corrected chi connectivity index (χ1v) is 8.36. The maximum atomic E-state index is 13.5. The minimum absolute atomic E-state index is 0.0797. The standard InChI is InChI=1S/C19H15F3N2O6/c20-10-4-6-11(7-5-10)23-18(28)19(29)24-14(8-16(26)27)15(25)9-30-17-12(21)2-1-3-13(17)22/h1-7,14H,8-9H2,(H,23,28)(H,24,29)(H,26,27)/t14-/m0/s1. The highest BCUT2D eigenvalue weighted by atomic mass is 19.1. The first-order valence-electron chi connectivity index (χ1n) is 8.36. The number of carboxylic acid groups (broad SMARTS) is 1. The number of ether oxygens (including phenoxy) is 1. The lowest BCUT2D eigenvalue weighted by Gasteiger charge is -2.16. The Morgan fingerprint density at radius 2 is 1.53 bits per heavy atom. The summed E-state index contributed by atoms with van der Waals surface area (Å²) in [5, 5.41) is 13.0. The third-order valence-electron chi connectivity index (χ3n) is 3.66. The monoisotopic (exact) mass is 424 g/mol. The maximum Gasteiger partial charge on any atom is 0.313 e. The van der Waals surface area contributed by atoms with Crippen LogP contribution in [0.5, 0.6) is 5.75 Å². The van der Waals surface area contributed by atoms with Gasteiger partial charge in [0.2, 0.25) is 0 Å². The number of hydrogen-bond acceptors (Lipinski definition) is 5. The summed E-state index contributed by atoms with van der Waals surface area (Å²) in [4.78, 5) is 47.1. The number of aliphatic carboxylic acids is 1. The van der Waals surface area contributed by atoms with E-state index in [2.05, 4.69) is 5.32 Å². The lowest BCUT2D eigenvalue weighted by molar-refractivity contribution is -0.142. The number of carbonyl (C=O) groups excluding carboxylic acids is 3.